The molecule has 8 nitrogen and oxygen atoms in total. The Hall–Kier alpha value is -3.72. The molecule has 2 atom stereocenters. The number of rotatable bonds is 12. The molecule has 3 aromatic rings. The molecular formula is C38H44Cl3N3O5. The molecule has 0 spiro atoms. The van der Waals surface area contributed by atoms with E-state index in [0.29, 0.717) is 6.42 Å². The molecule has 0 aliphatic carbocycles. The van der Waals surface area contributed by atoms with Gasteiger partial charge in [-0.2, -0.15) is 0 Å². The Labute approximate surface area is 303 Å². The maximum atomic E-state index is 13.6. The monoisotopic (exact) mass is 727 g/mol. The fourth-order valence-electron chi connectivity index (χ4n) is 5.12. The first-order chi connectivity index (χ1) is 22.7. The first-order valence-electron chi connectivity index (χ1n) is 16.0. The van der Waals surface area contributed by atoms with Crippen molar-refractivity contribution in [2.75, 3.05) is 10.6 Å². The molecule has 0 bridgehead atoms. The second-order valence-electron chi connectivity index (χ2n) is 14.1. The number of hydrogen-bond donors (Lipinski definition) is 3. The fraction of sp³-hybridized carbons (Fsp3) is 0.395. The van der Waals surface area contributed by atoms with Gasteiger partial charge in [0.1, 0.15) is 0 Å². The number of benzene rings is 3. The van der Waals surface area contributed by atoms with Gasteiger partial charge in [-0.3, -0.25) is 19.2 Å². The molecule has 0 saturated carbocycles. The molecule has 262 valence electrons. The van der Waals surface area contributed by atoms with Crippen LogP contribution in [0.3, 0.4) is 0 Å². The molecule has 0 saturated heterocycles. The van der Waals surface area contributed by atoms with Crippen molar-refractivity contribution < 1.29 is 24.3 Å². The Kier molecular flexibility index (Phi) is 12.5. The highest BCUT2D eigenvalue weighted by Crippen LogP contribution is 2.39. The zero-order valence-electron chi connectivity index (χ0n) is 29.3. The van der Waals surface area contributed by atoms with Crippen molar-refractivity contribution in [2.24, 2.45) is 16.3 Å². The summed E-state index contributed by atoms with van der Waals surface area (Å²) in [6.07, 6.45) is 1.57. The Morgan fingerprint density at radius 2 is 1.37 bits per heavy atom. The molecule has 0 aromatic heterocycles. The van der Waals surface area contributed by atoms with E-state index in [-0.39, 0.29) is 43.3 Å². The summed E-state index contributed by atoms with van der Waals surface area (Å²) in [7, 11) is 0. The zero-order valence-corrected chi connectivity index (χ0v) is 31.6. The molecule has 0 fully saturated rings. The van der Waals surface area contributed by atoms with Gasteiger partial charge in [-0.1, -0.05) is 121 Å². The summed E-state index contributed by atoms with van der Waals surface area (Å²) in [4.78, 5) is 58.0. The third-order valence-electron chi connectivity index (χ3n) is 9.32. The van der Waals surface area contributed by atoms with Crippen LogP contribution in [0.5, 0.6) is 5.75 Å². The van der Waals surface area contributed by atoms with Gasteiger partial charge in [-0.25, -0.2) is 4.99 Å². The van der Waals surface area contributed by atoms with E-state index >= 15 is 0 Å². The van der Waals surface area contributed by atoms with E-state index in [0.717, 1.165) is 12.0 Å². The lowest BCUT2D eigenvalue weighted by Gasteiger charge is -2.35. The molecule has 3 rings (SSSR count). The molecule has 0 radical (unpaired) electrons. The maximum Gasteiger partial charge on any atom is 0.292 e. The normalized spacial score (nSPS) is 14.1. The van der Waals surface area contributed by atoms with Gasteiger partial charge in [0.15, 0.2) is 17.2 Å². The average molecular weight is 729 g/mol. The fourth-order valence-corrected chi connectivity index (χ4v) is 5.76. The SMILES string of the molecule is CCC(C)(C)c1cccc(C(C)(CC)C(C)C(=O)C(=O)Nc2ccc(Cl)c(NC(=O)/C(=N\c3cc(Cl)c(O)c(Cl)c3)C(=O)C(C)(C)C)c2)c1. The summed E-state index contributed by atoms with van der Waals surface area (Å²) < 4.78 is 0. The van der Waals surface area contributed by atoms with Crippen LogP contribution in [0.15, 0.2) is 59.6 Å². The smallest absolute Gasteiger partial charge is 0.292 e. The van der Waals surface area contributed by atoms with Crippen molar-refractivity contribution in [1.29, 1.82) is 0 Å². The predicted molar refractivity (Wildman–Crippen MR) is 200 cm³/mol. The number of carbonyl (C=O) groups is 4. The highest BCUT2D eigenvalue weighted by atomic mass is 35.5. The van der Waals surface area contributed by atoms with Crippen LogP contribution in [0.25, 0.3) is 0 Å². The number of Topliss-reactive ketones (excluding diaryl/α,β-unsaturated/α-hetero) is 2. The molecule has 11 heteroatoms. The second kappa shape index (κ2) is 15.4. The maximum absolute atomic E-state index is 13.6. The van der Waals surface area contributed by atoms with E-state index < -0.39 is 45.8 Å². The topological polar surface area (TPSA) is 125 Å². The van der Waals surface area contributed by atoms with E-state index in [1.165, 1.54) is 35.9 Å². The largest absolute Gasteiger partial charge is 0.505 e. The summed E-state index contributed by atoms with van der Waals surface area (Å²) in [5.74, 6) is -3.91. The number of halogens is 3. The summed E-state index contributed by atoms with van der Waals surface area (Å²) in [5, 5.41) is 15.0. The quantitative estimate of drug-likeness (QED) is 0.0973. The summed E-state index contributed by atoms with van der Waals surface area (Å²) in [6, 6.07) is 15.1. The van der Waals surface area contributed by atoms with Crippen LogP contribution in [0.4, 0.5) is 17.1 Å². The minimum atomic E-state index is -1.00. The molecule has 0 aliphatic heterocycles. The van der Waals surface area contributed by atoms with Gasteiger partial charge in [-0.15, -0.1) is 0 Å². The van der Waals surface area contributed by atoms with Crippen LogP contribution in [-0.2, 0) is 30.0 Å². The van der Waals surface area contributed by atoms with Crippen LogP contribution in [0, 0.1) is 11.3 Å². The Morgan fingerprint density at radius 1 is 0.776 bits per heavy atom. The minimum Gasteiger partial charge on any atom is -0.505 e. The zero-order chi connectivity index (χ0) is 37.1. The molecule has 0 aliphatic rings. The van der Waals surface area contributed by atoms with Crippen molar-refractivity contribution in [2.45, 2.75) is 86.0 Å². The molecule has 0 heterocycles. The molecule has 2 amide bonds. The van der Waals surface area contributed by atoms with Crippen molar-refractivity contribution in [3.63, 3.8) is 0 Å². The van der Waals surface area contributed by atoms with Gasteiger partial charge in [0.2, 0.25) is 5.78 Å². The van der Waals surface area contributed by atoms with E-state index in [1.807, 2.05) is 26.0 Å². The van der Waals surface area contributed by atoms with E-state index in [2.05, 4.69) is 48.5 Å². The van der Waals surface area contributed by atoms with Gasteiger partial charge in [-0.05, 0) is 59.7 Å². The second-order valence-corrected chi connectivity index (χ2v) is 15.3. The molecule has 49 heavy (non-hydrogen) atoms. The van der Waals surface area contributed by atoms with E-state index in [9.17, 15) is 24.3 Å². The predicted octanol–water partition coefficient (Wildman–Crippen LogP) is 9.88. The highest BCUT2D eigenvalue weighted by molar-refractivity contribution is 6.68. The third-order valence-corrected chi connectivity index (χ3v) is 10.2. The number of nitrogens with zero attached hydrogens (tertiary/aromatic N) is 1. The number of anilines is 2. The van der Waals surface area contributed by atoms with Crippen molar-refractivity contribution in [1.82, 2.24) is 0 Å². The van der Waals surface area contributed by atoms with Crippen LogP contribution in [0.2, 0.25) is 15.1 Å². The van der Waals surface area contributed by atoms with Gasteiger partial charge in [0.05, 0.1) is 26.4 Å². The standard InChI is InChI=1S/C38H44Cl3N3O5/c1-10-37(7,8)22-13-12-14-23(17-22)38(9,11-2)21(3)31(45)35(49)43-24-15-16-26(39)29(20-24)44-34(48)30(33(47)36(4,5)6)42-25-18-27(40)32(46)28(41)19-25/h12-21,46H,10-11H2,1-9H3,(H,43,49)(H,44,48)/b42-30-. The lowest BCUT2D eigenvalue weighted by Crippen LogP contribution is -2.40. The first-order valence-corrected chi connectivity index (χ1v) is 17.2. The van der Waals surface area contributed by atoms with E-state index in [1.54, 1.807) is 27.7 Å². The lowest BCUT2D eigenvalue weighted by atomic mass is 9.67. The van der Waals surface area contributed by atoms with Crippen LogP contribution in [0.1, 0.15) is 86.3 Å². The number of ketones is 2. The van der Waals surface area contributed by atoms with Crippen molar-refractivity contribution >= 4 is 81.0 Å². The molecule has 3 N–H and O–H groups in total. The third kappa shape index (κ3) is 9.10. The van der Waals surface area contributed by atoms with Gasteiger partial charge >= 0.3 is 0 Å². The van der Waals surface area contributed by atoms with Gasteiger partial charge in [0.25, 0.3) is 11.8 Å². The minimum absolute atomic E-state index is 0.0450. The van der Waals surface area contributed by atoms with E-state index in [4.69, 9.17) is 34.8 Å². The number of phenols is 1. The number of hydrogen-bond acceptors (Lipinski definition) is 6. The van der Waals surface area contributed by atoms with Gasteiger partial charge in [0, 0.05) is 22.4 Å². The number of nitrogens with one attached hydrogen (secondary N) is 2. The molecule has 2 unspecified atom stereocenters. The van der Waals surface area contributed by atoms with Crippen molar-refractivity contribution in [3.05, 3.63) is 80.8 Å². The highest BCUT2D eigenvalue weighted by Gasteiger charge is 2.39. The first kappa shape index (κ1) is 39.7. The van der Waals surface area contributed by atoms with Crippen LogP contribution < -0.4 is 10.6 Å². The van der Waals surface area contributed by atoms with Gasteiger partial charge < -0.3 is 15.7 Å². The Morgan fingerprint density at radius 3 is 1.92 bits per heavy atom. The number of amides is 2. The number of carbonyl (C=O) groups excluding carboxylic acids is 4. The lowest BCUT2D eigenvalue weighted by molar-refractivity contribution is -0.138. The molecular weight excluding hydrogens is 685 g/mol. The Balaban J connectivity index is 1.89. The summed E-state index contributed by atoms with van der Waals surface area (Å²) in [6.45, 7) is 17.1. The number of aromatic hydroxyl groups is 1. The van der Waals surface area contributed by atoms with Crippen LogP contribution >= 0.6 is 34.8 Å². The summed E-state index contributed by atoms with van der Waals surface area (Å²) in [5.41, 5.74) is 0.352. The number of phenolic OH excluding ortho intramolecular Hbond substituents is 1. The van der Waals surface area contributed by atoms with Crippen molar-refractivity contribution in [3.8, 4) is 5.75 Å². The Bertz CT molecular complexity index is 1790. The number of aliphatic imine (C=N–C) groups is 1. The average Bonchev–Trinajstić information content (AvgIpc) is 3.05. The molecule has 3 aromatic carbocycles. The van der Waals surface area contributed by atoms with Crippen LogP contribution in [-0.4, -0.2) is 34.2 Å². The summed E-state index contributed by atoms with van der Waals surface area (Å²) >= 11 is 18.5.